The predicted molar refractivity (Wildman–Crippen MR) is 82.7 cm³/mol. The molecule has 1 aromatic carbocycles. The summed E-state index contributed by atoms with van der Waals surface area (Å²) < 4.78 is 10.5. The summed E-state index contributed by atoms with van der Waals surface area (Å²) in [7, 11) is 3.48. The van der Waals surface area contributed by atoms with Crippen LogP contribution in [-0.4, -0.2) is 46.6 Å². The monoisotopic (exact) mass is 298 g/mol. The van der Waals surface area contributed by atoms with Crippen LogP contribution in [0.25, 0.3) is 0 Å². The first-order chi connectivity index (χ1) is 9.76. The fourth-order valence-electron chi connectivity index (χ4n) is 2.58. The van der Waals surface area contributed by atoms with Crippen molar-refractivity contribution < 1.29 is 9.47 Å². The van der Waals surface area contributed by atoms with E-state index in [1.54, 1.807) is 14.2 Å². The highest BCUT2D eigenvalue weighted by Gasteiger charge is 2.25. The Bertz CT molecular complexity index is 428. The molecule has 5 heteroatoms. The molecule has 1 aromatic rings. The van der Waals surface area contributed by atoms with Gasteiger partial charge < -0.3 is 19.7 Å². The molecule has 1 fully saturated rings. The topological polar surface area (TPSA) is 33.7 Å². The average Bonchev–Trinajstić information content (AvgIpc) is 2.92. The molecule has 20 heavy (non-hydrogen) atoms. The van der Waals surface area contributed by atoms with Crippen LogP contribution in [0.5, 0.6) is 0 Å². The minimum absolute atomic E-state index is 0.306. The van der Waals surface area contributed by atoms with Crippen molar-refractivity contribution in [3.8, 4) is 0 Å². The van der Waals surface area contributed by atoms with Crippen LogP contribution in [-0.2, 0) is 16.0 Å². The van der Waals surface area contributed by atoms with E-state index in [1.165, 1.54) is 5.56 Å². The highest BCUT2D eigenvalue weighted by atomic mass is 35.5. The molecule has 0 saturated carbocycles. The first-order valence-corrected chi connectivity index (χ1v) is 7.39. The number of nitrogens with one attached hydrogen (secondary N) is 1. The first kappa shape index (κ1) is 15.6. The first-order valence-electron chi connectivity index (χ1n) is 7.01. The van der Waals surface area contributed by atoms with E-state index in [2.05, 4.69) is 16.3 Å². The van der Waals surface area contributed by atoms with E-state index < -0.39 is 0 Å². The summed E-state index contributed by atoms with van der Waals surface area (Å²) in [5.74, 6) is 0. The third-order valence-electron chi connectivity index (χ3n) is 3.66. The number of ether oxygens (including phenoxy) is 2. The van der Waals surface area contributed by atoms with Gasteiger partial charge in [-0.2, -0.15) is 0 Å². The minimum atomic E-state index is 0.306. The lowest BCUT2D eigenvalue weighted by molar-refractivity contribution is 0.121. The second-order valence-electron chi connectivity index (χ2n) is 5.01. The summed E-state index contributed by atoms with van der Waals surface area (Å²) in [4.78, 5) is 2.32. The zero-order valence-corrected chi connectivity index (χ0v) is 12.9. The van der Waals surface area contributed by atoms with Crippen LogP contribution in [0.4, 0.5) is 5.69 Å². The van der Waals surface area contributed by atoms with Gasteiger partial charge in [0.1, 0.15) is 0 Å². The van der Waals surface area contributed by atoms with Gasteiger partial charge in [0, 0.05) is 40.4 Å². The van der Waals surface area contributed by atoms with Gasteiger partial charge in [0.25, 0.3) is 0 Å². The van der Waals surface area contributed by atoms with Crippen molar-refractivity contribution in [1.29, 1.82) is 0 Å². The average molecular weight is 299 g/mol. The number of rotatable bonds is 7. The van der Waals surface area contributed by atoms with Crippen molar-refractivity contribution in [1.82, 2.24) is 5.32 Å². The van der Waals surface area contributed by atoms with Gasteiger partial charge in [-0.05, 0) is 18.1 Å². The number of benzene rings is 1. The highest BCUT2D eigenvalue weighted by Crippen LogP contribution is 2.32. The fraction of sp³-hybridized carbons (Fsp3) is 0.600. The smallest absolute Gasteiger partial charge is 0.0762 e. The molecular weight excluding hydrogens is 276 g/mol. The molecule has 0 bridgehead atoms. The van der Waals surface area contributed by atoms with E-state index in [1.807, 2.05) is 12.1 Å². The van der Waals surface area contributed by atoms with Gasteiger partial charge in [-0.3, -0.25) is 0 Å². The van der Waals surface area contributed by atoms with Crippen LogP contribution in [0.2, 0.25) is 5.02 Å². The molecule has 1 unspecified atom stereocenters. The van der Waals surface area contributed by atoms with Crippen LogP contribution in [0.15, 0.2) is 18.2 Å². The largest absolute Gasteiger partial charge is 0.383 e. The Morgan fingerprint density at radius 1 is 1.40 bits per heavy atom. The van der Waals surface area contributed by atoms with Gasteiger partial charge in [0.05, 0.1) is 23.4 Å². The van der Waals surface area contributed by atoms with Crippen LogP contribution >= 0.6 is 11.6 Å². The SMILES string of the molecule is COCCNCc1cccc(Cl)c1N1CCC(OC)C1. The third kappa shape index (κ3) is 3.85. The number of anilines is 1. The maximum atomic E-state index is 6.41. The molecule has 1 heterocycles. The second-order valence-corrected chi connectivity index (χ2v) is 5.42. The van der Waals surface area contributed by atoms with Gasteiger partial charge in [0.15, 0.2) is 0 Å². The minimum Gasteiger partial charge on any atom is -0.383 e. The standard InChI is InChI=1S/C15H23ClN2O2/c1-19-9-7-17-10-12-4-3-5-14(16)15(12)18-8-6-13(11-18)20-2/h3-5,13,17H,6-11H2,1-2H3. The van der Waals surface area contributed by atoms with Gasteiger partial charge in [-0.15, -0.1) is 0 Å². The molecular formula is C15H23ClN2O2. The van der Waals surface area contributed by atoms with Crippen molar-refractivity contribution in [2.24, 2.45) is 0 Å². The molecule has 0 spiro atoms. The zero-order valence-electron chi connectivity index (χ0n) is 12.2. The van der Waals surface area contributed by atoms with Gasteiger partial charge in [-0.25, -0.2) is 0 Å². The van der Waals surface area contributed by atoms with E-state index in [0.29, 0.717) is 12.7 Å². The Kier molecular flexibility index (Phi) is 6.10. The van der Waals surface area contributed by atoms with Crippen molar-refractivity contribution in [2.75, 3.05) is 45.4 Å². The number of methoxy groups -OCH3 is 2. The van der Waals surface area contributed by atoms with Crippen molar-refractivity contribution in [2.45, 2.75) is 19.1 Å². The maximum absolute atomic E-state index is 6.41. The van der Waals surface area contributed by atoms with Crippen LogP contribution in [0.3, 0.4) is 0 Å². The van der Waals surface area contributed by atoms with Crippen molar-refractivity contribution in [3.63, 3.8) is 0 Å². The van der Waals surface area contributed by atoms with Crippen LogP contribution in [0.1, 0.15) is 12.0 Å². The Hall–Kier alpha value is -0.810. The summed E-state index contributed by atoms with van der Waals surface area (Å²) >= 11 is 6.41. The van der Waals surface area contributed by atoms with Crippen molar-refractivity contribution >= 4 is 17.3 Å². The number of para-hydroxylation sites is 1. The van der Waals surface area contributed by atoms with E-state index in [0.717, 1.165) is 43.3 Å². The number of hydrogen-bond donors (Lipinski definition) is 1. The van der Waals surface area contributed by atoms with Gasteiger partial charge in [0.2, 0.25) is 0 Å². The summed E-state index contributed by atoms with van der Waals surface area (Å²) in [5, 5.41) is 4.19. The predicted octanol–water partition coefficient (Wildman–Crippen LogP) is 2.30. The fourth-order valence-corrected chi connectivity index (χ4v) is 2.89. The highest BCUT2D eigenvalue weighted by molar-refractivity contribution is 6.33. The molecule has 0 aliphatic carbocycles. The summed E-state index contributed by atoms with van der Waals surface area (Å²) in [6, 6.07) is 6.08. The molecule has 1 aliphatic rings. The third-order valence-corrected chi connectivity index (χ3v) is 3.97. The van der Waals surface area contributed by atoms with Gasteiger partial charge >= 0.3 is 0 Å². The van der Waals surface area contributed by atoms with E-state index in [9.17, 15) is 0 Å². The lowest BCUT2D eigenvalue weighted by Gasteiger charge is -2.23. The lowest BCUT2D eigenvalue weighted by atomic mass is 10.1. The molecule has 112 valence electrons. The number of halogens is 1. The summed E-state index contributed by atoms with van der Waals surface area (Å²) in [5.41, 5.74) is 2.36. The molecule has 4 nitrogen and oxygen atoms in total. The Morgan fingerprint density at radius 2 is 2.25 bits per heavy atom. The molecule has 2 rings (SSSR count). The quantitative estimate of drug-likeness (QED) is 0.783. The van der Waals surface area contributed by atoms with E-state index in [-0.39, 0.29) is 0 Å². The molecule has 0 radical (unpaired) electrons. The molecule has 1 N–H and O–H groups in total. The van der Waals surface area contributed by atoms with E-state index >= 15 is 0 Å². The van der Waals surface area contributed by atoms with Crippen molar-refractivity contribution in [3.05, 3.63) is 28.8 Å². The molecule has 1 saturated heterocycles. The lowest BCUT2D eigenvalue weighted by Crippen LogP contribution is -2.25. The Labute approximate surface area is 126 Å². The second kappa shape index (κ2) is 7.84. The van der Waals surface area contributed by atoms with Gasteiger partial charge in [-0.1, -0.05) is 23.7 Å². The van der Waals surface area contributed by atoms with Crippen LogP contribution < -0.4 is 10.2 Å². The van der Waals surface area contributed by atoms with Crippen LogP contribution in [0, 0.1) is 0 Å². The van der Waals surface area contributed by atoms with E-state index in [4.69, 9.17) is 21.1 Å². The summed E-state index contributed by atoms with van der Waals surface area (Å²) in [6.07, 6.45) is 1.36. The molecule has 1 aliphatic heterocycles. The molecule has 0 amide bonds. The molecule has 0 aromatic heterocycles. The maximum Gasteiger partial charge on any atom is 0.0762 e. The number of nitrogens with zero attached hydrogens (tertiary/aromatic N) is 1. The molecule has 1 atom stereocenters. The normalized spacial score (nSPS) is 18.8. The Balaban J connectivity index is 2.06. The number of hydrogen-bond acceptors (Lipinski definition) is 4. The Morgan fingerprint density at radius 3 is 2.95 bits per heavy atom. The zero-order chi connectivity index (χ0) is 14.4. The summed E-state index contributed by atoms with van der Waals surface area (Å²) in [6.45, 7) is 4.25.